The zero-order valence-electron chi connectivity index (χ0n) is 8.24. The molecule has 0 atom stereocenters. The summed E-state index contributed by atoms with van der Waals surface area (Å²) in [6.07, 6.45) is 1.74. The molecule has 1 N–H and O–H groups in total. The Morgan fingerprint density at radius 2 is 2.21 bits per heavy atom. The summed E-state index contributed by atoms with van der Waals surface area (Å²) in [6.45, 7) is 4.12. The van der Waals surface area contributed by atoms with Gasteiger partial charge in [-0.25, -0.2) is 0 Å². The van der Waals surface area contributed by atoms with Crippen LogP contribution in [-0.2, 0) is 0 Å². The third-order valence-electron chi connectivity index (χ3n) is 2.25. The number of H-pyrrole nitrogens is 1. The Labute approximate surface area is 81.8 Å². The van der Waals surface area contributed by atoms with E-state index in [9.17, 15) is 4.79 Å². The topological polar surface area (TPSA) is 45.8 Å². The summed E-state index contributed by atoms with van der Waals surface area (Å²) in [5.41, 5.74) is 2.64. The number of fused-ring (bicyclic) bond motifs is 1. The molecule has 0 saturated carbocycles. The lowest BCUT2D eigenvalue weighted by molar-refractivity contribution is 0.868. The number of pyridine rings is 2. The molecule has 0 amide bonds. The fraction of sp³-hybridized carbons (Fsp3) is 0.273. The summed E-state index contributed by atoms with van der Waals surface area (Å²) >= 11 is 0. The van der Waals surface area contributed by atoms with Gasteiger partial charge in [0, 0.05) is 12.3 Å². The van der Waals surface area contributed by atoms with E-state index < -0.39 is 0 Å². The Kier molecular flexibility index (Phi) is 2.08. The SMILES string of the molecule is CC(C)c1cc(=O)[nH]c2cccnc12. The molecule has 72 valence electrons. The normalized spacial score (nSPS) is 11.1. The average Bonchev–Trinajstić information content (AvgIpc) is 2.16. The Hall–Kier alpha value is -1.64. The van der Waals surface area contributed by atoms with E-state index in [-0.39, 0.29) is 5.56 Å². The van der Waals surface area contributed by atoms with Crippen molar-refractivity contribution >= 4 is 11.0 Å². The van der Waals surface area contributed by atoms with Crippen molar-refractivity contribution in [3.05, 3.63) is 40.3 Å². The number of aromatic nitrogens is 2. The third kappa shape index (κ3) is 1.41. The largest absolute Gasteiger partial charge is 0.321 e. The minimum atomic E-state index is -0.0609. The molecule has 2 aromatic rings. The van der Waals surface area contributed by atoms with Crippen LogP contribution in [0.3, 0.4) is 0 Å². The number of rotatable bonds is 1. The minimum Gasteiger partial charge on any atom is -0.321 e. The van der Waals surface area contributed by atoms with Crippen LogP contribution in [0.5, 0.6) is 0 Å². The maximum absolute atomic E-state index is 11.3. The highest BCUT2D eigenvalue weighted by Gasteiger charge is 2.07. The molecule has 3 nitrogen and oxygen atoms in total. The van der Waals surface area contributed by atoms with Gasteiger partial charge in [0.15, 0.2) is 0 Å². The standard InChI is InChI=1S/C11H12N2O/c1-7(2)8-6-10(14)13-9-4-3-5-12-11(8)9/h3-7H,1-2H3,(H,13,14). The molecule has 0 aliphatic carbocycles. The van der Waals surface area contributed by atoms with Crippen molar-refractivity contribution in [2.24, 2.45) is 0 Å². The van der Waals surface area contributed by atoms with Crippen LogP contribution >= 0.6 is 0 Å². The lowest BCUT2D eigenvalue weighted by Gasteiger charge is -2.07. The van der Waals surface area contributed by atoms with E-state index in [2.05, 4.69) is 23.8 Å². The fourth-order valence-corrected chi connectivity index (χ4v) is 1.55. The van der Waals surface area contributed by atoms with E-state index in [1.807, 2.05) is 12.1 Å². The number of nitrogens with one attached hydrogen (secondary N) is 1. The first-order valence-corrected chi connectivity index (χ1v) is 4.66. The maximum Gasteiger partial charge on any atom is 0.248 e. The summed E-state index contributed by atoms with van der Waals surface area (Å²) in [5, 5.41) is 0. The first-order valence-electron chi connectivity index (χ1n) is 4.66. The van der Waals surface area contributed by atoms with Gasteiger partial charge in [-0.05, 0) is 23.6 Å². The molecule has 0 aliphatic heterocycles. The number of nitrogens with zero attached hydrogens (tertiary/aromatic N) is 1. The Morgan fingerprint density at radius 3 is 2.93 bits per heavy atom. The molecule has 0 aliphatic rings. The summed E-state index contributed by atoms with van der Waals surface area (Å²) < 4.78 is 0. The maximum atomic E-state index is 11.3. The second-order valence-corrected chi connectivity index (χ2v) is 3.64. The van der Waals surface area contributed by atoms with Crippen molar-refractivity contribution in [3.63, 3.8) is 0 Å². The van der Waals surface area contributed by atoms with Gasteiger partial charge >= 0.3 is 0 Å². The lowest BCUT2D eigenvalue weighted by atomic mass is 10.0. The molecule has 0 unspecified atom stereocenters. The van der Waals surface area contributed by atoms with Crippen molar-refractivity contribution in [3.8, 4) is 0 Å². The van der Waals surface area contributed by atoms with Gasteiger partial charge in [-0.1, -0.05) is 13.8 Å². The van der Waals surface area contributed by atoms with E-state index in [0.29, 0.717) is 5.92 Å². The van der Waals surface area contributed by atoms with E-state index in [1.165, 1.54) is 0 Å². The van der Waals surface area contributed by atoms with Crippen molar-refractivity contribution in [1.29, 1.82) is 0 Å². The fourth-order valence-electron chi connectivity index (χ4n) is 1.55. The highest BCUT2D eigenvalue weighted by atomic mass is 16.1. The van der Waals surface area contributed by atoms with Gasteiger partial charge in [-0.15, -0.1) is 0 Å². The van der Waals surface area contributed by atoms with Crippen LogP contribution in [0.15, 0.2) is 29.2 Å². The molecule has 0 fully saturated rings. The van der Waals surface area contributed by atoms with Gasteiger partial charge in [-0.2, -0.15) is 0 Å². The smallest absolute Gasteiger partial charge is 0.248 e. The lowest BCUT2D eigenvalue weighted by Crippen LogP contribution is -2.08. The van der Waals surface area contributed by atoms with Crippen LogP contribution in [0.2, 0.25) is 0 Å². The van der Waals surface area contributed by atoms with Crippen molar-refractivity contribution in [2.45, 2.75) is 19.8 Å². The first kappa shape index (κ1) is 8.94. The summed E-state index contributed by atoms with van der Waals surface area (Å²) in [7, 11) is 0. The highest BCUT2D eigenvalue weighted by molar-refractivity contribution is 5.77. The van der Waals surface area contributed by atoms with E-state index >= 15 is 0 Å². The zero-order chi connectivity index (χ0) is 10.1. The van der Waals surface area contributed by atoms with Crippen LogP contribution in [0.1, 0.15) is 25.3 Å². The number of hydrogen-bond acceptors (Lipinski definition) is 2. The Bertz CT molecular complexity index is 514. The molecule has 0 radical (unpaired) electrons. The van der Waals surface area contributed by atoms with Crippen LogP contribution in [0.25, 0.3) is 11.0 Å². The molecular weight excluding hydrogens is 176 g/mol. The first-order chi connectivity index (χ1) is 6.68. The van der Waals surface area contributed by atoms with E-state index in [1.54, 1.807) is 12.3 Å². The van der Waals surface area contributed by atoms with Crippen molar-refractivity contribution in [1.82, 2.24) is 9.97 Å². The number of hydrogen-bond donors (Lipinski definition) is 1. The van der Waals surface area contributed by atoms with Gasteiger partial charge in [-0.3, -0.25) is 9.78 Å². The summed E-state index contributed by atoms with van der Waals surface area (Å²) in [6, 6.07) is 5.32. The molecule has 0 bridgehead atoms. The minimum absolute atomic E-state index is 0.0609. The predicted octanol–water partition coefficient (Wildman–Crippen LogP) is 2.05. The predicted molar refractivity (Wildman–Crippen MR) is 56.5 cm³/mol. The Balaban J connectivity index is 2.87. The highest BCUT2D eigenvalue weighted by Crippen LogP contribution is 2.19. The molecule has 0 aromatic carbocycles. The van der Waals surface area contributed by atoms with Crippen LogP contribution in [0, 0.1) is 0 Å². The van der Waals surface area contributed by atoms with E-state index in [4.69, 9.17) is 0 Å². The molecule has 0 spiro atoms. The molecule has 0 saturated heterocycles. The third-order valence-corrected chi connectivity index (χ3v) is 2.25. The molecule has 2 rings (SSSR count). The second-order valence-electron chi connectivity index (χ2n) is 3.64. The zero-order valence-corrected chi connectivity index (χ0v) is 8.24. The van der Waals surface area contributed by atoms with Crippen LogP contribution in [-0.4, -0.2) is 9.97 Å². The van der Waals surface area contributed by atoms with Gasteiger partial charge < -0.3 is 4.98 Å². The van der Waals surface area contributed by atoms with Crippen molar-refractivity contribution < 1.29 is 0 Å². The van der Waals surface area contributed by atoms with Crippen LogP contribution in [0.4, 0.5) is 0 Å². The molecule has 14 heavy (non-hydrogen) atoms. The Morgan fingerprint density at radius 1 is 1.43 bits per heavy atom. The molecular formula is C11H12N2O. The molecule has 2 heterocycles. The van der Waals surface area contributed by atoms with Gasteiger partial charge in [0.05, 0.1) is 11.0 Å². The van der Waals surface area contributed by atoms with Crippen molar-refractivity contribution in [2.75, 3.05) is 0 Å². The van der Waals surface area contributed by atoms with E-state index in [0.717, 1.165) is 16.6 Å². The summed E-state index contributed by atoms with van der Waals surface area (Å²) in [4.78, 5) is 18.4. The average molecular weight is 188 g/mol. The van der Waals surface area contributed by atoms with Gasteiger partial charge in [0.25, 0.3) is 0 Å². The summed E-state index contributed by atoms with van der Waals surface area (Å²) in [5.74, 6) is 0.315. The quantitative estimate of drug-likeness (QED) is 0.744. The van der Waals surface area contributed by atoms with Crippen LogP contribution < -0.4 is 5.56 Å². The van der Waals surface area contributed by atoms with Gasteiger partial charge in [0.1, 0.15) is 0 Å². The monoisotopic (exact) mass is 188 g/mol. The molecule has 3 heteroatoms. The van der Waals surface area contributed by atoms with Gasteiger partial charge in [0.2, 0.25) is 5.56 Å². The number of aromatic amines is 1. The second kappa shape index (κ2) is 3.25. The molecule has 2 aromatic heterocycles.